The molecule has 0 aliphatic heterocycles. The van der Waals surface area contributed by atoms with Gasteiger partial charge in [-0.2, -0.15) is 0 Å². The van der Waals surface area contributed by atoms with E-state index in [0.29, 0.717) is 29.1 Å². The van der Waals surface area contributed by atoms with Crippen LogP contribution < -0.4 is 5.32 Å². The van der Waals surface area contributed by atoms with Crippen LogP contribution in [0.4, 0.5) is 4.79 Å². The van der Waals surface area contributed by atoms with Crippen molar-refractivity contribution in [2.24, 2.45) is 0 Å². The average molecular weight is 415 g/mol. The Morgan fingerprint density at radius 1 is 1.27 bits per heavy atom. The van der Waals surface area contributed by atoms with Gasteiger partial charge in [-0.1, -0.05) is 6.07 Å². The molecule has 2 amide bonds. The van der Waals surface area contributed by atoms with Crippen molar-refractivity contribution in [3.63, 3.8) is 0 Å². The zero-order valence-electron chi connectivity index (χ0n) is 18.5. The van der Waals surface area contributed by atoms with E-state index in [9.17, 15) is 14.4 Å². The number of ketones is 1. The highest BCUT2D eigenvalue weighted by Gasteiger charge is 2.28. The molecule has 0 aliphatic rings. The monoisotopic (exact) mass is 414 g/mol. The summed E-state index contributed by atoms with van der Waals surface area (Å²) in [5.41, 5.74) is 2.89. The van der Waals surface area contributed by atoms with Crippen LogP contribution >= 0.6 is 0 Å². The molecule has 2 aromatic heterocycles. The fourth-order valence-electron chi connectivity index (χ4n) is 3.56. The molecular formula is C22H30N4O4. The summed E-state index contributed by atoms with van der Waals surface area (Å²) in [6.45, 7) is 9.81. The molecule has 8 heteroatoms. The number of esters is 1. The van der Waals surface area contributed by atoms with Crippen molar-refractivity contribution in [1.29, 1.82) is 0 Å². The fourth-order valence-corrected chi connectivity index (χ4v) is 3.56. The van der Waals surface area contributed by atoms with Crippen LogP contribution in [0.2, 0.25) is 0 Å². The smallest absolute Gasteiger partial charge is 0.354 e. The summed E-state index contributed by atoms with van der Waals surface area (Å²) in [7, 11) is 1.32. The fraction of sp³-hybridized carbons (Fsp3) is 0.455. The van der Waals surface area contributed by atoms with Gasteiger partial charge >= 0.3 is 12.0 Å². The van der Waals surface area contributed by atoms with E-state index in [1.165, 1.54) is 12.0 Å². The molecule has 0 bridgehead atoms. The van der Waals surface area contributed by atoms with Crippen molar-refractivity contribution < 1.29 is 19.1 Å². The van der Waals surface area contributed by atoms with Gasteiger partial charge in [0, 0.05) is 42.8 Å². The lowest BCUT2D eigenvalue weighted by Crippen LogP contribution is -2.44. The first-order chi connectivity index (χ1) is 14.2. The van der Waals surface area contributed by atoms with Crippen LogP contribution in [-0.4, -0.2) is 51.9 Å². The van der Waals surface area contributed by atoms with Gasteiger partial charge in [0.2, 0.25) is 0 Å². The Bertz CT molecular complexity index is 919. The number of nitrogens with one attached hydrogen (secondary N) is 1. The Hall–Kier alpha value is -3.16. The van der Waals surface area contributed by atoms with Gasteiger partial charge in [0.05, 0.1) is 13.7 Å². The predicted molar refractivity (Wildman–Crippen MR) is 114 cm³/mol. The van der Waals surface area contributed by atoms with Crippen molar-refractivity contribution in [3.8, 4) is 0 Å². The number of aromatic nitrogens is 2. The van der Waals surface area contributed by atoms with Crippen molar-refractivity contribution in [1.82, 2.24) is 19.8 Å². The van der Waals surface area contributed by atoms with E-state index in [-0.39, 0.29) is 30.9 Å². The molecule has 0 spiro atoms. The number of nitrogens with zero attached hydrogens (tertiary/aromatic N) is 3. The maximum absolute atomic E-state index is 13.3. The lowest BCUT2D eigenvalue weighted by atomic mass is 10.0. The van der Waals surface area contributed by atoms with Crippen LogP contribution in [0.15, 0.2) is 24.5 Å². The van der Waals surface area contributed by atoms with Gasteiger partial charge in [-0.25, -0.2) is 9.59 Å². The van der Waals surface area contributed by atoms with Gasteiger partial charge in [-0.15, -0.1) is 0 Å². The van der Waals surface area contributed by atoms with Crippen LogP contribution in [0.25, 0.3) is 0 Å². The van der Waals surface area contributed by atoms with Crippen LogP contribution in [0.3, 0.4) is 0 Å². The zero-order chi connectivity index (χ0) is 22.4. The molecule has 2 rings (SSSR count). The molecule has 0 radical (unpaired) electrons. The highest BCUT2D eigenvalue weighted by molar-refractivity contribution is 6.04. The molecule has 0 saturated heterocycles. The van der Waals surface area contributed by atoms with Gasteiger partial charge < -0.3 is 19.5 Å². The Labute approximate surface area is 177 Å². The minimum atomic E-state index is -0.485. The van der Waals surface area contributed by atoms with Crippen molar-refractivity contribution in [3.05, 3.63) is 52.6 Å². The minimum Gasteiger partial charge on any atom is -0.464 e. The number of methoxy groups -OCH3 is 1. The Kier molecular flexibility index (Phi) is 7.74. The molecule has 2 heterocycles. The van der Waals surface area contributed by atoms with E-state index >= 15 is 0 Å². The number of pyridine rings is 1. The summed E-state index contributed by atoms with van der Waals surface area (Å²) in [6, 6.07) is 3.24. The molecule has 0 atom stereocenters. The van der Waals surface area contributed by atoms with Crippen molar-refractivity contribution in [2.45, 2.75) is 53.8 Å². The van der Waals surface area contributed by atoms with E-state index < -0.39 is 5.97 Å². The zero-order valence-corrected chi connectivity index (χ0v) is 18.5. The van der Waals surface area contributed by atoms with Gasteiger partial charge in [0.1, 0.15) is 5.69 Å². The van der Waals surface area contributed by atoms with Gasteiger partial charge in [0.25, 0.3) is 0 Å². The van der Waals surface area contributed by atoms with E-state index in [4.69, 9.17) is 4.74 Å². The van der Waals surface area contributed by atoms with Crippen LogP contribution in [0, 0.1) is 13.8 Å². The molecule has 0 aromatic carbocycles. The van der Waals surface area contributed by atoms with E-state index in [1.807, 2.05) is 26.8 Å². The largest absolute Gasteiger partial charge is 0.464 e. The molecule has 30 heavy (non-hydrogen) atoms. The highest BCUT2D eigenvalue weighted by Crippen LogP contribution is 2.24. The number of ether oxygens (including phenoxy) is 1. The Balaban J connectivity index is 2.38. The minimum absolute atomic E-state index is 0.0698. The highest BCUT2D eigenvalue weighted by atomic mass is 16.5. The summed E-state index contributed by atoms with van der Waals surface area (Å²) in [5, 5.41) is 2.84. The number of amides is 2. The third-order valence-corrected chi connectivity index (χ3v) is 4.87. The van der Waals surface area contributed by atoms with Crippen LogP contribution in [0.5, 0.6) is 0 Å². The molecule has 0 unspecified atom stereocenters. The molecule has 0 fully saturated rings. The third-order valence-electron chi connectivity index (χ3n) is 4.87. The summed E-state index contributed by atoms with van der Waals surface area (Å²) < 4.78 is 6.67. The van der Waals surface area contributed by atoms with Crippen LogP contribution in [-0.2, 0) is 17.8 Å². The van der Waals surface area contributed by atoms with Gasteiger partial charge in [-0.05, 0) is 51.8 Å². The van der Waals surface area contributed by atoms with Gasteiger partial charge in [0.15, 0.2) is 5.78 Å². The number of Topliss-reactive ketones (excluding diaryl/α,β-unsaturated/α-hetero) is 1. The third kappa shape index (κ3) is 5.06. The van der Waals surface area contributed by atoms with Gasteiger partial charge in [-0.3, -0.25) is 9.78 Å². The topological polar surface area (TPSA) is 93.5 Å². The standard InChI is InChI=1S/C22H30N4O4/c1-7-26-16(5)19(15(4)20(26)21(28)30-6)18(27)13-25(22(29)24-14(2)3)12-17-9-8-10-23-11-17/h8-11,14H,7,12-13H2,1-6H3,(H,24,29). The lowest BCUT2D eigenvalue weighted by molar-refractivity contribution is 0.0587. The molecule has 2 aromatic rings. The summed E-state index contributed by atoms with van der Waals surface area (Å²) in [5.74, 6) is -0.716. The number of carbonyl (C=O) groups is 3. The number of urea groups is 1. The lowest BCUT2D eigenvalue weighted by Gasteiger charge is -2.24. The van der Waals surface area contributed by atoms with E-state index in [0.717, 1.165) is 5.56 Å². The molecule has 8 nitrogen and oxygen atoms in total. The molecule has 0 saturated carbocycles. The number of hydrogen-bond donors (Lipinski definition) is 1. The predicted octanol–water partition coefficient (Wildman–Crippen LogP) is 3.11. The molecular weight excluding hydrogens is 384 g/mol. The molecule has 0 aliphatic carbocycles. The summed E-state index contributed by atoms with van der Waals surface area (Å²) in [6.07, 6.45) is 3.32. The maximum Gasteiger partial charge on any atom is 0.354 e. The normalized spacial score (nSPS) is 10.8. The van der Waals surface area contributed by atoms with E-state index in [1.54, 1.807) is 36.9 Å². The van der Waals surface area contributed by atoms with Crippen molar-refractivity contribution >= 4 is 17.8 Å². The summed E-state index contributed by atoms with van der Waals surface area (Å²) in [4.78, 5) is 43.8. The second kappa shape index (κ2) is 10.0. The van der Waals surface area contributed by atoms with Crippen LogP contribution in [0.1, 0.15) is 58.4 Å². The number of carbonyl (C=O) groups excluding carboxylic acids is 3. The summed E-state index contributed by atoms with van der Waals surface area (Å²) >= 11 is 0. The molecule has 1 N–H and O–H groups in total. The Morgan fingerprint density at radius 3 is 2.50 bits per heavy atom. The second-order valence-electron chi connectivity index (χ2n) is 7.41. The average Bonchev–Trinajstić information content (AvgIpc) is 2.96. The maximum atomic E-state index is 13.3. The number of rotatable bonds is 8. The second-order valence-corrected chi connectivity index (χ2v) is 7.41. The molecule has 162 valence electrons. The first kappa shape index (κ1) is 23.1. The van der Waals surface area contributed by atoms with E-state index in [2.05, 4.69) is 10.3 Å². The Morgan fingerprint density at radius 2 is 1.97 bits per heavy atom. The first-order valence-corrected chi connectivity index (χ1v) is 9.96. The SMILES string of the molecule is CCn1c(C)c(C(=O)CN(Cc2cccnc2)C(=O)NC(C)C)c(C)c1C(=O)OC. The quantitative estimate of drug-likeness (QED) is 0.529. The van der Waals surface area contributed by atoms with Crippen molar-refractivity contribution in [2.75, 3.05) is 13.7 Å². The number of hydrogen-bond acceptors (Lipinski definition) is 5. The first-order valence-electron chi connectivity index (χ1n) is 9.96.